The molecule has 2 heterocycles. The van der Waals surface area contributed by atoms with E-state index >= 15 is 0 Å². The van der Waals surface area contributed by atoms with Gasteiger partial charge in [-0.05, 0) is 17.2 Å². The van der Waals surface area contributed by atoms with E-state index in [2.05, 4.69) is 25.1 Å². The summed E-state index contributed by atoms with van der Waals surface area (Å²) in [6.45, 7) is 1.81. The van der Waals surface area contributed by atoms with Crippen molar-refractivity contribution in [3.05, 3.63) is 11.9 Å². The zero-order valence-corrected chi connectivity index (χ0v) is 5.27. The van der Waals surface area contributed by atoms with Gasteiger partial charge in [0.25, 0.3) is 0 Å². The summed E-state index contributed by atoms with van der Waals surface area (Å²) in [5.74, 6) is 0. The lowest BCUT2D eigenvalue weighted by molar-refractivity contribution is 0.315. The Hall–Kier alpha value is -1.52. The first-order chi connectivity index (χ1) is 4.88. The van der Waals surface area contributed by atoms with Crippen molar-refractivity contribution in [2.75, 3.05) is 0 Å². The Balaban J connectivity index is 2.95. The maximum Gasteiger partial charge on any atom is 0.159 e. The number of aryl methyl sites for hydroxylation is 1. The lowest BCUT2D eigenvalue weighted by Crippen LogP contribution is -1.85. The first kappa shape index (κ1) is 5.28. The van der Waals surface area contributed by atoms with Gasteiger partial charge < -0.3 is 0 Å². The maximum atomic E-state index is 4.47. The van der Waals surface area contributed by atoms with Gasteiger partial charge in [-0.2, -0.15) is 10.2 Å². The maximum absolute atomic E-state index is 4.47. The second kappa shape index (κ2) is 1.73. The van der Waals surface area contributed by atoms with E-state index < -0.39 is 0 Å². The highest BCUT2D eigenvalue weighted by molar-refractivity contribution is 5.73. The highest BCUT2D eigenvalue weighted by Gasteiger charge is 2.02. The molecule has 0 aliphatic carbocycles. The highest BCUT2D eigenvalue weighted by Crippen LogP contribution is 2.07. The normalized spacial score (nSPS) is 10.5. The van der Waals surface area contributed by atoms with Gasteiger partial charge in [0, 0.05) is 0 Å². The molecule has 10 heavy (non-hydrogen) atoms. The summed E-state index contributed by atoms with van der Waals surface area (Å²) in [5, 5.41) is 14.7. The molecule has 5 nitrogen and oxygen atoms in total. The van der Waals surface area contributed by atoms with E-state index in [1.165, 1.54) is 6.20 Å². The standard InChI is InChI=1S/C5H4N4O/c1-3-5-4(2-6-7-3)8-10-9-5/h2H,1H3. The minimum Gasteiger partial charge on any atom is -0.243 e. The lowest BCUT2D eigenvalue weighted by Gasteiger charge is -1.84. The molecular weight excluding hydrogens is 132 g/mol. The van der Waals surface area contributed by atoms with Crippen LogP contribution in [-0.4, -0.2) is 20.5 Å². The molecule has 0 fully saturated rings. The average Bonchev–Trinajstić information content (AvgIpc) is 2.36. The smallest absolute Gasteiger partial charge is 0.159 e. The van der Waals surface area contributed by atoms with Crippen LogP contribution < -0.4 is 0 Å². The van der Waals surface area contributed by atoms with Gasteiger partial charge in [0.2, 0.25) is 0 Å². The molecule has 0 unspecified atom stereocenters. The van der Waals surface area contributed by atoms with Crippen molar-refractivity contribution >= 4 is 11.0 Å². The molecule has 5 heteroatoms. The predicted molar refractivity (Wildman–Crippen MR) is 32.1 cm³/mol. The quantitative estimate of drug-likeness (QED) is 0.521. The van der Waals surface area contributed by atoms with Gasteiger partial charge in [0.05, 0.1) is 11.9 Å². The Labute approximate surface area is 56.0 Å². The fourth-order valence-electron chi connectivity index (χ4n) is 0.749. The number of hydrogen-bond acceptors (Lipinski definition) is 5. The van der Waals surface area contributed by atoms with Crippen LogP contribution in [0.2, 0.25) is 0 Å². The van der Waals surface area contributed by atoms with Crippen LogP contribution in [0.1, 0.15) is 5.69 Å². The summed E-state index contributed by atoms with van der Waals surface area (Å²) in [6.07, 6.45) is 1.51. The third kappa shape index (κ3) is 0.570. The highest BCUT2D eigenvalue weighted by atomic mass is 16.6. The molecule has 2 aromatic heterocycles. The van der Waals surface area contributed by atoms with E-state index in [9.17, 15) is 0 Å². The summed E-state index contributed by atoms with van der Waals surface area (Å²) >= 11 is 0. The lowest BCUT2D eigenvalue weighted by atomic mass is 10.4. The van der Waals surface area contributed by atoms with Crippen molar-refractivity contribution in [2.24, 2.45) is 0 Å². The van der Waals surface area contributed by atoms with E-state index in [4.69, 9.17) is 0 Å². The molecule has 2 rings (SSSR count). The Morgan fingerprint density at radius 2 is 2.30 bits per heavy atom. The Bertz CT molecular complexity index is 355. The summed E-state index contributed by atoms with van der Waals surface area (Å²) in [7, 11) is 0. The number of nitrogens with zero attached hydrogens (tertiary/aromatic N) is 4. The van der Waals surface area contributed by atoms with Crippen LogP contribution >= 0.6 is 0 Å². The zero-order valence-electron chi connectivity index (χ0n) is 5.27. The van der Waals surface area contributed by atoms with E-state index in [-0.39, 0.29) is 0 Å². The summed E-state index contributed by atoms with van der Waals surface area (Å²) in [5.41, 5.74) is 2.06. The molecule has 2 aromatic rings. The van der Waals surface area contributed by atoms with Gasteiger partial charge in [-0.1, -0.05) is 0 Å². The van der Waals surface area contributed by atoms with Crippen LogP contribution in [0.25, 0.3) is 11.0 Å². The molecule has 0 N–H and O–H groups in total. The second-order valence-electron chi connectivity index (χ2n) is 1.93. The van der Waals surface area contributed by atoms with Gasteiger partial charge in [0.15, 0.2) is 11.0 Å². The summed E-state index contributed by atoms with van der Waals surface area (Å²) in [4.78, 5) is 0. The molecule has 0 saturated heterocycles. The molecule has 0 radical (unpaired) electrons. The van der Waals surface area contributed by atoms with Crippen LogP contribution in [0.4, 0.5) is 0 Å². The van der Waals surface area contributed by atoms with Gasteiger partial charge in [0.1, 0.15) is 0 Å². The first-order valence-corrected chi connectivity index (χ1v) is 2.78. The topological polar surface area (TPSA) is 64.7 Å². The van der Waals surface area contributed by atoms with E-state index in [1.54, 1.807) is 6.92 Å². The van der Waals surface area contributed by atoms with Crippen LogP contribution in [0, 0.1) is 6.92 Å². The van der Waals surface area contributed by atoms with Crippen molar-refractivity contribution in [1.82, 2.24) is 20.5 Å². The largest absolute Gasteiger partial charge is 0.243 e. The Morgan fingerprint density at radius 1 is 1.40 bits per heavy atom. The minimum atomic E-state index is 0.646. The molecule has 0 aromatic carbocycles. The van der Waals surface area contributed by atoms with Crippen molar-refractivity contribution in [3.63, 3.8) is 0 Å². The third-order valence-electron chi connectivity index (χ3n) is 1.24. The van der Waals surface area contributed by atoms with Gasteiger partial charge in [-0.25, -0.2) is 4.63 Å². The molecule has 0 atom stereocenters. The third-order valence-corrected chi connectivity index (χ3v) is 1.24. The van der Waals surface area contributed by atoms with Gasteiger partial charge in [-0.15, -0.1) is 0 Å². The van der Waals surface area contributed by atoms with Crippen LogP contribution in [0.5, 0.6) is 0 Å². The molecule has 0 bridgehead atoms. The number of aromatic nitrogens is 4. The molecule has 0 saturated carbocycles. The molecule has 0 amide bonds. The van der Waals surface area contributed by atoms with Crippen molar-refractivity contribution in [3.8, 4) is 0 Å². The molecule has 0 aliphatic heterocycles. The number of rotatable bonds is 0. The van der Waals surface area contributed by atoms with Gasteiger partial charge >= 0.3 is 0 Å². The van der Waals surface area contributed by atoms with Crippen molar-refractivity contribution in [1.29, 1.82) is 0 Å². The van der Waals surface area contributed by atoms with E-state index in [1.807, 2.05) is 0 Å². The average molecular weight is 136 g/mol. The van der Waals surface area contributed by atoms with Gasteiger partial charge in [-0.3, -0.25) is 0 Å². The minimum absolute atomic E-state index is 0.646. The van der Waals surface area contributed by atoms with Crippen LogP contribution in [0.3, 0.4) is 0 Å². The van der Waals surface area contributed by atoms with Crippen molar-refractivity contribution in [2.45, 2.75) is 6.92 Å². The zero-order chi connectivity index (χ0) is 6.97. The monoisotopic (exact) mass is 136 g/mol. The number of hydrogen-bond donors (Lipinski definition) is 0. The van der Waals surface area contributed by atoms with E-state index in [0.29, 0.717) is 11.0 Å². The second-order valence-corrected chi connectivity index (χ2v) is 1.93. The molecule has 50 valence electrons. The molecule has 0 spiro atoms. The Kier molecular flexibility index (Phi) is 0.913. The van der Waals surface area contributed by atoms with Crippen molar-refractivity contribution < 1.29 is 4.63 Å². The van der Waals surface area contributed by atoms with Crippen LogP contribution in [0.15, 0.2) is 10.8 Å². The fourth-order valence-corrected chi connectivity index (χ4v) is 0.749. The first-order valence-electron chi connectivity index (χ1n) is 2.78. The molecular formula is C5H4N4O. The number of fused-ring (bicyclic) bond motifs is 1. The Morgan fingerprint density at radius 3 is 3.10 bits per heavy atom. The van der Waals surface area contributed by atoms with Crippen LogP contribution in [-0.2, 0) is 0 Å². The predicted octanol–water partition coefficient (Wildman–Crippen LogP) is 0.321. The summed E-state index contributed by atoms with van der Waals surface area (Å²) < 4.78 is 4.47. The summed E-state index contributed by atoms with van der Waals surface area (Å²) in [6, 6.07) is 0. The fraction of sp³-hybridized carbons (Fsp3) is 0.200. The SMILES string of the molecule is Cc1nncc2nonc12. The molecule has 0 aliphatic rings. The van der Waals surface area contributed by atoms with E-state index in [0.717, 1.165) is 5.69 Å².